The number of rotatable bonds is 4. The molecule has 2 rings (SSSR count). The van der Waals surface area contributed by atoms with Gasteiger partial charge in [0.05, 0.1) is 11.3 Å². The van der Waals surface area contributed by atoms with E-state index in [0.29, 0.717) is 0 Å². The number of sulfone groups is 1. The molecule has 2 N–H and O–H groups in total. The summed E-state index contributed by atoms with van der Waals surface area (Å²) in [6.07, 6.45) is 0.980. The molecule has 24 heavy (non-hydrogen) atoms. The predicted octanol–water partition coefficient (Wildman–Crippen LogP) is 1.34. The Hall–Kier alpha value is -2.09. The molecule has 1 aromatic carbocycles. The van der Waals surface area contributed by atoms with Gasteiger partial charge in [-0.3, -0.25) is 0 Å². The fourth-order valence-corrected chi connectivity index (χ4v) is 3.82. The first kappa shape index (κ1) is 18.3. The van der Waals surface area contributed by atoms with Gasteiger partial charge in [0.25, 0.3) is 0 Å². The summed E-state index contributed by atoms with van der Waals surface area (Å²) < 4.78 is 23.4. The second-order valence-corrected chi connectivity index (χ2v) is 8.60. The summed E-state index contributed by atoms with van der Waals surface area (Å²) in [6.45, 7) is 3.63. The Labute approximate surface area is 141 Å². The van der Waals surface area contributed by atoms with Crippen LogP contribution < -0.4 is 5.32 Å². The molecule has 1 aliphatic heterocycles. The maximum atomic E-state index is 12.5. The molecule has 0 aliphatic carbocycles. The molecular formula is C16H22N2O5S. The third kappa shape index (κ3) is 4.05. The summed E-state index contributed by atoms with van der Waals surface area (Å²) in [5.41, 5.74) is 1.95. The summed E-state index contributed by atoms with van der Waals surface area (Å²) in [7, 11) is -3.41. The second kappa shape index (κ2) is 6.80. The molecule has 1 saturated heterocycles. The lowest BCUT2D eigenvalue weighted by atomic mass is 10.1. The average molecular weight is 354 g/mol. The number of urea groups is 1. The van der Waals surface area contributed by atoms with Gasteiger partial charge in [0.15, 0.2) is 9.84 Å². The molecule has 1 aliphatic rings. The van der Waals surface area contributed by atoms with E-state index in [9.17, 15) is 23.1 Å². The highest BCUT2D eigenvalue weighted by Gasteiger charge is 2.43. The number of carboxylic acid groups (broad SMARTS) is 1. The summed E-state index contributed by atoms with van der Waals surface area (Å²) >= 11 is 0. The number of carbonyl (C=O) groups excluding carboxylic acids is 1. The van der Waals surface area contributed by atoms with Crippen LogP contribution in [0.25, 0.3) is 0 Å². The summed E-state index contributed by atoms with van der Waals surface area (Å²) in [5, 5.41) is 11.2. The van der Waals surface area contributed by atoms with Crippen LogP contribution in [0.3, 0.4) is 0 Å². The molecular weight excluding hydrogens is 332 g/mol. The summed E-state index contributed by atoms with van der Waals surface area (Å²) in [6, 6.07) is 5.61. The number of hydrogen-bond donors (Lipinski definition) is 2. The van der Waals surface area contributed by atoms with Gasteiger partial charge in [-0.25, -0.2) is 18.0 Å². The van der Waals surface area contributed by atoms with Crippen LogP contribution in [0.1, 0.15) is 30.5 Å². The van der Waals surface area contributed by atoms with Crippen molar-refractivity contribution in [3.05, 3.63) is 35.4 Å². The molecule has 8 heteroatoms. The van der Waals surface area contributed by atoms with E-state index in [1.165, 1.54) is 0 Å². The molecule has 0 spiro atoms. The maximum Gasteiger partial charge on any atom is 0.326 e. The zero-order chi connectivity index (χ0) is 18.1. The van der Waals surface area contributed by atoms with Crippen LogP contribution >= 0.6 is 0 Å². The van der Waals surface area contributed by atoms with Gasteiger partial charge in [0, 0.05) is 12.8 Å². The molecule has 7 nitrogen and oxygen atoms in total. The van der Waals surface area contributed by atoms with Gasteiger partial charge < -0.3 is 15.3 Å². The van der Waals surface area contributed by atoms with Crippen LogP contribution in [-0.2, 0) is 14.6 Å². The quantitative estimate of drug-likeness (QED) is 0.849. The van der Waals surface area contributed by atoms with Crippen molar-refractivity contribution >= 4 is 21.8 Å². The van der Waals surface area contributed by atoms with Gasteiger partial charge in [0.1, 0.15) is 6.04 Å². The van der Waals surface area contributed by atoms with E-state index >= 15 is 0 Å². The largest absolute Gasteiger partial charge is 0.480 e. The highest BCUT2D eigenvalue weighted by molar-refractivity contribution is 7.91. The van der Waals surface area contributed by atoms with Gasteiger partial charge in [-0.05, 0) is 25.8 Å². The third-order valence-corrected chi connectivity index (χ3v) is 5.85. The Bertz CT molecular complexity index is 747. The fourth-order valence-electron chi connectivity index (χ4n) is 2.86. The molecule has 1 fully saturated rings. The SMILES string of the molecule is Cc1cccc(C(C)NC(=O)N2C[C@H](S(C)(=O)=O)C[C@H]2C(=O)O)c1. The first-order valence-electron chi connectivity index (χ1n) is 7.65. The molecule has 2 amide bonds. The molecule has 0 radical (unpaired) electrons. The molecule has 1 aromatic rings. The van der Waals surface area contributed by atoms with Crippen molar-refractivity contribution in [3.8, 4) is 0 Å². The van der Waals surface area contributed by atoms with Gasteiger partial charge in [-0.1, -0.05) is 29.8 Å². The number of amides is 2. The van der Waals surface area contributed by atoms with E-state index in [1.54, 1.807) is 6.92 Å². The minimum Gasteiger partial charge on any atom is -0.480 e. The number of nitrogens with zero attached hydrogens (tertiary/aromatic N) is 1. The van der Waals surface area contributed by atoms with Crippen LogP contribution in [-0.4, -0.2) is 54.5 Å². The van der Waals surface area contributed by atoms with E-state index in [0.717, 1.165) is 22.3 Å². The molecule has 132 valence electrons. The van der Waals surface area contributed by atoms with E-state index in [2.05, 4.69) is 5.32 Å². The zero-order valence-electron chi connectivity index (χ0n) is 13.9. The van der Waals surface area contributed by atoms with Crippen molar-refractivity contribution in [2.75, 3.05) is 12.8 Å². The van der Waals surface area contributed by atoms with E-state index in [4.69, 9.17) is 0 Å². The molecule has 1 unspecified atom stereocenters. The van der Waals surface area contributed by atoms with Gasteiger partial charge in [-0.2, -0.15) is 0 Å². The molecule has 0 aromatic heterocycles. The number of aryl methyl sites for hydroxylation is 1. The normalized spacial score (nSPS) is 22.2. The van der Waals surface area contributed by atoms with Crippen LogP contribution in [0, 0.1) is 6.92 Å². The van der Waals surface area contributed by atoms with Crippen molar-refractivity contribution in [2.45, 2.75) is 37.6 Å². The molecule has 1 heterocycles. The number of benzene rings is 1. The summed E-state index contributed by atoms with van der Waals surface area (Å²) in [5.74, 6) is -1.19. The van der Waals surface area contributed by atoms with E-state index < -0.39 is 33.1 Å². The predicted molar refractivity (Wildman–Crippen MR) is 89.5 cm³/mol. The van der Waals surface area contributed by atoms with Crippen LogP contribution in [0.5, 0.6) is 0 Å². The minimum absolute atomic E-state index is 0.0829. The lowest BCUT2D eigenvalue weighted by Gasteiger charge is -2.24. The van der Waals surface area contributed by atoms with Crippen LogP contribution in [0.2, 0.25) is 0 Å². The summed E-state index contributed by atoms with van der Waals surface area (Å²) in [4.78, 5) is 24.9. The number of nitrogens with one attached hydrogen (secondary N) is 1. The Kier molecular flexibility index (Phi) is 5.17. The lowest BCUT2D eigenvalue weighted by Crippen LogP contribution is -2.46. The lowest BCUT2D eigenvalue weighted by molar-refractivity contribution is -0.141. The van der Waals surface area contributed by atoms with Crippen molar-refractivity contribution < 1.29 is 23.1 Å². The number of hydrogen-bond acceptors (Lipinski definition) is 4. The smallest absolute Gasteiger partial charge is 0.326 e. The van der Waals surface area contributed by atoms with Crippen molar-refractivity contribution in [1.29, 1.82) is 0 Å². The number of carboxylic acids is 1. The van der Waals surface area contributed by atoms with Crippen molar-refractivity contribution in [3.63, 3.8) is 0 Å². The molecule has 0 saturated carbocycles. The van der Waals surface area contributed by atoms with Crippen molar-refractivity contribution in [2.24, 2.45) is 0 Å². The Morgan fingerprint density at radius 2 is 2.04 bits per heavy atom. The first-order valence-corrected chi connectivity index (χ1v) is 9.60. The van der Waals surface area contributed by atoms with E-state index in [1.807, 2.05) is 31.2 Å². The van der Waals surface area contributed by atoms with Gasteiger partial charge in [0.2, 0.25) is 0 Å². The van der Waals surface area contributed by atoms with Crippen molar-refractivity contribution in [1.82, 2.24) is 10.2 Å². The minimum atomic E-state index is -3.41. The number of likely N-dealkylation sites (tertiary alicyclic amines) is 1. The first-order chi connectivity index (χ1) is 11.1. The topological polar surface area (TPSA) is 104 Å². The van der Waals surface area contributed by atoms with Gasteiger partial charge >= 0.3 is 12.0 Å². The zero-order valence-corrected chi connectivity index (χ0v) is 14.7. The van der Waals surface area contributed by atoms with Gasteiger partial charge in [-0.15, -0.1) is 0 Å². The Morgan fingerprint density at radius 1 is 1.38 bits per heavy atom. The monoisotopic (exact) mass is 354 g/mol. The maximum absolute atomic E-state index is 12.5. The average Bonchev–Trinajstić information content (AvgIpc) is 2.92. The highest BCUT2D eigenvalue weighted by atomic mass is 32.2. The highest BCUT2D eigenvalue weighted by Crippen LogP contribution is 2.24. The fraction of sp³-hybridized carbons (Fsp3) is 0.500. The Balaban J connectivity index is 2.13. The van der Waals surface area contributed by atoms with Crippen LogP contribution in [0.15, 0.2) is 24.3 Å². The Morgan fingerprint density at radius 3 is 2.58 bits per heavy atom. The van der Waals surface area contributed by atoms with Crippen LogP contribution in [0.4, 0.5) is 4.79 Å². The standard InChI is InChI=1S/C16H22N2O5S/c1-10-5-4-6-12(7-10)11(2)17-16(21)18-9-13(24(3,22)23)8-14(18)15(19)20/h4-7,11,13-14H,8-9H2,1-3H3,(H,17,21)(H,19,20)/t11?,13-,14+/m1/s1. The number of carbonyl (C=O) groups is 2. The third-order valence-electron chi connectivity index (χ3n) is 4.30. The molecule has 3 atom stereocenters. The van der Waals surface area contributed by atoms with E-state index in [-0.39, 0.29) is 19.0 Å². The molecule has 0 bridgehead atoms. The number of aliphatic carboxylic acids is 1. The second-order valence-electron chi connectivity index (χ2n) is 6.28.